The fraction of sp³-hybridized carbons (Fsp3) is 1.00. The zero-order valence-corrected chi connectivity index (χ0v) is 10.4. The molecule has 0 radical (unpaired) electrons. The molecule has 0 aromatic carbocycles. The van der Waals surface area contributed by atoms with Gasteiger partial charge in [-0.05, 0) is 33.0 Å². The number of hydrogen-bond donors (Lipinski definition) is 2. The molecule has 0 atom stereocenters. The van der Waals surface area contributed by atoms with E-state index in [-0.39, 0.29) is 0 Å². The number of nitrogens with two attached hydrogens (primary N) is 1. The molecule has 4 nitrogen and oxygen atoms in total. The second-order valence-corrected chi connectivity index (χ2v) is 4.48. The maximum atomic E-state index is 5.85. The Kier molecular flexibility index (Phi) is 4.99. The van der Waals surface area contributed by atoms with E-state index in [4.69, 9.17) is 5.84 Å². The predicted octanol–water partition coefficient (Wildman–Crippen LogP) is 0.256. The summed E-state index contributed by atoms with van der Waals surface area (Å²) in [6.45, 7) is 9.43. The van der Waals surface area contributed by atoms with Gasteiger partial charge in [-0.3, -0.25) is 5.84 Å². The quantitative estimate of drug-likeness (QED) is 0.568. The van der Waals surface area contributed by atoms with Crippen molar-refractivity contribution in [3.05, 3.63) is 0 Å². The molecule has 2 rings (SSSR count). The molecule has 2 aliphatic heterocycles. The standard InChI is InChI=1S/C9H20N4.C2H6/c1-12-5-2-9(3-6-12)8-13(10)7-4-11-9;1-2/h11H,2-8,10H2,1H3;1-2H3. The summed E-state index contributed by atoms with van der Waals surface area (Å²) in [5.41, 5.74) is 0.319. The van der Waals surface area contributed by atoms with Gasteiger partial charge in [0, 0.05) is 25.2 Å². The minimum atomic E-state index is 0.319. The minimum absolute atomic E-state index is 0.319. The zero-order valence-electron chi connectivity index (χ0n) is 10.4. The van der Waals surface area contributed by atoms with E-state index in [0.717, 1.165) is 19.6 Å². The summed E-state index contributed by atoms with van der Waals surface area (Å²) in [6.07, 6.45) is 2.47. The van der Waals surface area contributed by atoms with Gasteiger partial charge in [0.25, 0.3) is 0 Å². The van der Waals surface area contributed by atoms with Crippen LogP contribution in [-0.2, 0) is 0 Å². The molecule has 2 fully saturated rings. The Labute approximate surface area is 93.8 Å². The smallest absolute Gasteiger partial charge is 0.0347 e. The first-order valence-electron chi connectivity index (χ1n) is 6.13. The summed E-state index contributed by atoms with van der Waals surface area (Å²) in [5, 5.41) is 5.60. The van der Waals surface area contributed by atoms with E-state index in [1.165, 1.54) is 25.9 Å². The molecule has 0 aromatic heterocycles. The van der Waals surface area contributed by atoms with Gasteiger partial charge in [0.1, 0.15) is 0 Å². The third kappa shape index (κ3) is 3.41. The second-order valence-electron chi connectivity index (χ2n) is 4.48. The summed E-state index contributed by atoms with van der Waals surface area (Å²) < 4.78 is 0. The van der Waals surface area contributed by atoms with Crippen molar-refractivity contribution in [3.63, 3.8) is 0 Å². The molecule has 0 saturated carbocycles. The maximum Gasteiger partial charge on any atom is 0.0347 e. The van der Waals surface area contributed by atoms with Gasteiger partial charge >= 0.3 is 0 Å². The number of rotatable bonds is 0. The van der Waals surface area contributed by atoms with Crippen LogP contribution < -0.4 is 11.2 Å². The Morgan fingerprint density at radius 1 is 1.13 bits per heavy atom. The number of nitrogens with one attached hydrogen (secondary N) is 1. The van der Waals surface area contributed by atoms with Crippen molar-refractivity contribution in [1.29, 1.82) is 0 Å². The summed E-state index contributed by atoms with van der Waals surface area (Å²) in [5.74, 6) is 5.85. The van der Waals surface area contributed by atoms with Crippen LogP contribution in [0.25, 0.3) is 0 Å². The molecule has 2 saturated heterocycles. The fourth-order valence-electron chi connectivity index (χ4n) is 2.37. The number of nitrogens with zero attached hydrogens (tertiary/aromatic N) is 2. The molecule has 4 heteroatoms. The molecule has 0 unspecified atom stereocenters. The molecule has 2 aliphatic rings. The fourth-order valence-corrected chi connectivity index (χ4v) is 2.37. The van der Waals surface area contributed by atoms with Crippen LogP contribution in [0.5, 0.6) is 0 Å². The molecule has 3 N–H and O–H groups in total. The first-order chi connectivity index (χ1) is 7.20. The number of piperidine rings is 1. The normalized spacial score (nSPS) is 27.2. The van der Waals surface area contributed by atoms with Gasteiger partial charge in [0.2, 0.25) is 0 Å². The average molecular weight is 214 g/mol. The Bertz CT molecular complexity index is 175. The van der Waals surface area contributed by atoms with E-state index in [1.807, 2.05) is 18.9 Å². The van der Waals surface area contributed by atoms with E-state index < -0.39 is 0 Å². The SMILES string of the molecule is CC.CN1CCC2(CC1)CN(N)CCN2. The number of hydrazine groups is 1. The van der Waals surface area contributed by atoms with E-state index in [9.17, 15) is 0 Å². The van der Waals surface area contributed by atoms with Crippen molar-refractivity contribution in [2.24, 2.45) is 5.84 Å². The average Bonchev–Trinajstić information content (AvgIpc) is 2.26. The first-order valence-corrected chi connectivity index (χ1v) is 6.13. The number of likely N-dealkylation sites (tertiary alicyclic amines) is 1. The van der Waals surface area contributed by atoms with Crippen molar-refractivity contribution >= 4 is 0 Å². The zero-order chi connectivity index (χ0) is 11.3. The summed E-state index contributed by atoms with van der Waals surface area (Å²) in [6, 6.07) is 0. The van der Waals surface area contributed by atoms with Gasteiger partial charge < -0.3 is 10.2 Å². The van der Waals surface area contributed by atoms with Crippen molar-refractivity contribution in [2.75, 3.05) is 39.8 Å². The molecule has 2 heterocycles. The van der Waals surface area contributed by atoms with Crippen LogP contribution in [0.3, 0.4) is 0 Å². The lowest BCUT2D eigenvalue weighted by Gasteiger charge is -2.46. The second kappa shape index (κ2) is 5.80. The van der Waals surface area contributed by atoms with Crippen LogP contribution in [-0.4, -0.2) is 55.2 Å². The highest BCUT2D eigenvalue weighted by atomic mass is 15.4. The highest BCUT2D eigenvalue weighted by Gasteiger charge is 2.36. The van der Waals surface area contributed by atoms with E-state index >= 15 is 0 Å². The molecule has 0 aliphatic carbocycles. The molecule has 0 aromatic rings. The Morgan fingerprint density at radius 2 is 1.73 bits per heavy atom. The number of hydrogen-bond acceptors (Lipinski definition) is 4. The molecular formula is C11H26N4. The highest BCUT2D eigenvalue weighted by molar-refractivity contribution is 4.97. The van der Waals surface area contributed by atoms with E-state index in [0.29, 0.717) is 5.54 Å². The van der Waals surface area contributed by atoms with Crippen molar-refractivity contribution in [2.45, 2.75) is 32.2 Å². The van der Waals surface area contributed by atoms with Crippen LogP contribution in [0, 0.1) is 0 Å². The van der Waals surface area contributed by atoms with Crippen LogP contribution in [0.2, 0.25) is 0 Å². The minimum Gasteiger partial charge on any atom is -0.309 e. The monoisotopic (exact) mass is 214 g/mol. The van der Waals surface area contributed by atoms with Crippen molar-refractivity contribution in [1.82, 2.24) is 15.2 Å². The maximum absolute atomic E-state index is 5.85. The molecule has 0 bridgehead atoms. The summed E-state index contributed by atoms with van der Waals surface area (Å²) in [4.78, 5) is 2.39. The van der Waals surface area contributed by atoms with E-state index in [1.54, 1.807) is 0 Å². The third-order valence-electron chi connectivity index (χ3n) is 3.35. The molecule has 90 valence electrons. The molecule has 15 heavy (non-hydrogen) atoms. The first kappa shape index (κ1) is 12.9. The van der Waals surface area contributed by atoms with Crippen LogP contribution in [0.1, 0.15) is 26.7 Å². The van der Waals surface area contributed by atoms with Crippen molar-refractivity contribution < 1.29 is 0 Å². The van der Waals surface area contributed by atoms with Gasteiger partial charge in [0.05, 0.1) is 0 Å². The van der Waals surface area contributed by atoms with Crippen LogP contribution in [0.15, 0.2) is 0 Å². The molecule has 0 amide bonds. The molecule has 1 spiro atoms. The lowest BCUT2D eigenvalue weighted by molar-refractivity contribution is 0.0746. The van der Waals surface area contributed by atoms with Gasteiger partial charge in [-0.2, -0.15) is 0 Å². The molecular weight excluding hydrogens is 188 g/mol. The van der Waals surface area contributed by atoms with Gasteiger partial charge in [-0.1, -0.05) is 13.8 Å². The number of piperazine rings is 1. The predicted molar refractivity (Wildman–Crippen MR) is 64.6 cm³/mol. The topological polar surface area (TPSA) is 44.5 Å². The van der Waals surface area contributed by atoms with E-state index in [2.05, 4.69) is 17.3 Å². The third-order valence-corrected chi connectivity index (χ3v) is 3.35. The Morgan fingerprint density at radius 3 is 2.27 bits per heavy atom. The largest absolute Gasteiger partial charge is 0.309 e. The summed E-state index contributed by atoms with van der Waals surface area (Å²) in [7, 11) is 2.19. The Balaban J connectivity index is 0.000000531. The summed E-state index contributed by atoms with van der Waals surface area (Å²) >= 11 is 0. The van der Waals surface area contributed by atoms with Crippen molar-refractivity contribution in [3.8, 4) is 0 Å². The van der Waals surface area contributed by atoms with Gasteiger partial charge in [-0.25, -0.2) is 5.01 Å². The van der Waals surface area contributed by atoms with Crippen LogP contribution >= 0.6 is 0 Å². The van der Waals surface area contributed by atoms with Gasteiger partial charge in [0.15, 0.2) is 0 Å². The van der Waals surface area contributed by atoms with Crippen LogP contribution in [0.4, 0.5) is 0 Å². The Hall–Kier alpha value is -0.160. The highest BCUT2D eigenvalue weighted by Crippen LogP contribution is 2.23. The lowest BCUT2D eigenvalue weighted by Crippen LogP contribution is -2.65. The lowest BCUT2D eigenvalue weighted by atomic mass is 9.86. The van der Waals surface area contributed by atoms with Gasteiger partial charge in [-0.15, -0.1) is 0 Å².